The first-order valence-corrected chi connectivity index (χ1v) is 7.79. The van der Waals surface area contributed by atoms with Crippen LogP contribution in [0.15, 0.2) is 36.7 Å². The van der Waals surface area contributed by atoms with Crippen molar-refractivity contribution in [1.29, 1.82) is 0 Å². The molecule has 0 aliphatic heterocycles. The summed E-state index contributed by atoms with van der Waals surface area (Å²) < 4.78 is 14.6. The van der Waals surface area contributed by atoms with Gasteiger partial charge in [-0.15, -0.1) is 0 Å². The normalized spacial score (nSPS) is 11.1. The first kappa shape index (κ1) is 16.8. The van der Waals surface area contributed by atoms with Crippen LogP contribution in [0.3, 0.4) is 0 Å². The maximum absolute atomic E-state index is 13.2. The van der Waals surface area contributed by atoms with Gasteiger partial charge in [0.25, 0.3) is 5.95 Å². The molecule has 0 radical (unpaired) electrons. The fourth-order valence-electron chi connectivity index (χ4n) is 2.67. The van der Waals surface area contributed by atoms with Crippen molar-refractivity contribution < 1.29 is 14.3 Å². The van der Waals surface area contributed by atoms with Crippen molar-refractivity contribution in [2.24, 2.45) is 0 Å². The Morgan fingerprint density at radius 2 is 1.88 bits per heavy atom. The SMILES string of the molecule is Cc1cnc(-n2ncc(C(=O)O)c2C(C)C)nc1-c1ccc(F)cc1. The Hall–Kier alpha value is -3.09. The summed E-state index contributed by atoms with van der Waals surface area (Å²) in [6.07, 6.45) is 2.95. The largest absolute Gasteiger partial charge is 0.478 e. The summed E-state index contributed by atoms with van der Waals surface area (Å²) in [6, 6.07) is 6.02. The number of rotatable bonds is 4. The Balaban J connectivity index is 2.15. The molecule has 0 saturated heterocycles. The van der Waals surface area contributed by atoms with Crippen molar-refractivity contribution in [3.05, 3.63) is 59.3 Å². The molecule has 3 rings (SSSR count). The summed E-state index contributed by atoms with van der Waals surface area (Å²) in [5.74, 6) is -1.16. The minimum absolute atomic E-state index is 0.0761. The number of nitrogens with zero attached hydrogens (tertiary/aromatic N) is 4. The van der Waals surface area contributed by atoms with Crippen LogP contribution in [0.2, 0.25) is 0 Å². The molecule has 3 aromatic rings. The Labute approximate surface area is 144 Å². The zero-order valence-corrected chi connectivity index (χ0v) is 14.1. The fourth-order valence-corrected chi connectivity index (χ4v) is 2.67. The number of aromatic nitrogens is 4. The summed E-state index contributed by atoms with van der Waals surface area (Å²) >= 11 is 0. The van der Waals surface area contributed by atoms with Crippen molar-refractivity contribution in [3.8, 4) is 17.2 Å². The van der Waals surface area contributed by atoms with Gasteiger partial charge in [-0.25, -0.2) is 23.8 Å². The number of aromatic carboxylic acids is 1. The van der Waals surface area contributed by atoms with Crippen LogP contribution in [0.1, 0.15) is 41.4 Å². The second-order valence-corrected chi connectivity index (χ2v) is 6.02. The van der Waals surface area contributed by atoms with Gasteiger partial charge < -0.3 is 5.11 Å². The van der Waals surface area contributed by atoms with Gasteiger partial charge in [-0.05, 0) is 42.7 Å². The minimum atomic E-state index is -1.04. The van der Waals surface area contributed by atoms with Crippen molar-refractivity contribution in [1.82, 2.24) is 19.7 Å². The molecule has 0 aliphatic rings. The lowest BCUT2D eigenvalue weighted by Gasteiger charge is -2.12. The molecular weight excluding hydrogens is 323 g/mol. The molecule has 0 unspecified atom stereocenters. The molecule has 0 aliphatic carbocycles. The van der Waals surface area contributed by atoms with E-state index < -0.39 is 5.97 Å². The summed E-state index contributed by atoms with van der Waals surface area (Å²) in [5.41, 5.74) is 2.88. The maximum atomic E-state index is 13.2. The van der Waals surface area contributed by atoms with Gasteiger partial charge in [0.05, 0.1) is 17.6 Å². The molecule has 1 aromatic carbocycles. The third kappa shape index (κ3) is 3.13. The van der Waals surface area contributed by atoms with Gasteiger partial charge in [0.1, 0.15) is 11.4 Å². The van der Waals surface area contributed by atoms with E-state index in [-0.39, 0.29) is 23.2 Å². The number of carbonyl (C=O) groups is 1. The predicted octanol–water partition coefficient (Wildman–Crippen LogP) is 3.60. The van der Waals surface area contributed by atoms with Crippen LogP contribution in [-0.4, -0.2) is 30.8 Å². The van der Waals surface area contributed by atoms with Crippen LogP contribution in [-0.2, 0) is 0 Å². The van der Waals surface area contributed by atoms with Gasteiger partial charge in [-0.3, -0.25) is 0 Å². The number of hydrogen-bond donors (Lipinski definition) is 1. The fraction of sp³-hybridized carbons (Fsp3) is 0.222. The second-order valence-electron chi connectivity index (χ2n) is 6.02. The summed E-state index contributed by atoms with van der Waals surface area (Å²) in [5, 5.41) is 13.5. The molecule has 6 nitrogen and oxygen atoms in total. The molecule has 2 aromatic heterocycles. The highest BCUT2D eigenvalue weighted by Gasteiger charge is 2.22. The van der Waals surface area contributed by atoms with E-state index in [1.54, 1.807) is 18.3 Å². The van der Waals surface area contributed by atoms with E-state index in [0.29, 0.717) is 11.4 Å². The standard InChI is InChI=1S/C18H17FN4O2/c1-10(2)16-14(17(24)25)9-21-23(16)18-20-8-11(3)15(22-18)12-4-6-13(19)7-5-12/h4-10H,1-3H3,(H,24,25). The number of carboxylic acid groups (broad SMARTS) is 1. The van der Waals surface area contributed by atoms with Crippen LogP contribution in [0.4, 0.5) is 4.39 Å². The Morgan fingerprint density at radius 1 is 1.20 bits per heavy atom. The Bertz CT molecular complexity index is 933. The van der Waals surface area contributed by atoms with Gasteiger partial charge in [0.2, 0.25) is 0 Å². The monoisotopic (exact) mass is 340 g/mol. The highest BCUT2D eigenvalue weighted by atomic mass is 19.1. The molecule has 0 bridgehead atoms. The van der Waals surface area contributed by atoms with Crippen molar-refractivity contribution >= 4 is 5.97 Å². The molecule has 128 valence electrons. The summed E-state index contributed by atoms with van der Waals surface area (Å²) in [7, 11) is 0. The number of benzene rings is 1. The average Bonchev–Trinajstić information content (AvgIpc) is 3.02. The highest BCUT2D eigenvalue weighted by Crippen LogP contribution is 2.25. The maximum Gasteiger partial charge on any atom is 0.339 e. The van der Waals surface area contributed by atoms with Gasteiger partial charge in [0.15, 0.2) is 0 Å². The average molecular weight is 340 g/mol. The van der Waals surface area contributed by atoms with Gasteiger partial charge in [0, 0.05) is 11.8 Å². The number of carboxylic acids is 1. The van der Waals surface area contributed by atoms with Crippen LogP contribution in [0.5, 0.6) is 0 Å². The van der Waals surface area contributed by atoms with Crippen LogP contribution in [0, 0.1) is 12.7 Å². The summed E-state index contributed by atoms with van der Waals surface area (Å²) in [6.45, 7) is 5.63. The topological polar surface area (TPSA) is 80.9 Å². The molecule has 0 saturated carbocycles. The van der Waals surface area contributed by atoms with E-state index in [1.807, 2.05) is 20.8 Å². The molecule has 0 spiro atoms. The van der Waals surface area contributed by atoms with Crippen LogP contribution >= 0.6 is 0 Å². The molecule has 25 heavy (non-hydrogen) atoms. The first-order valence-electron chi connectivity index (χ1n) is 7.79. The lowest BCUT2D eigenvalue weighted by atomic mass is 10.1. The second kappa shape index (κ2) is 6.43. The molecule has 1 N–H and O–H groups in total. The summed E-state index contributed by atoms with van der Waals surface area (Å²) in [4.78, 5) is 20.2. The molecular formula is C18H17FN4O2. The highest BCUT2D eigenvalue weighted by molar-refractivity contribution is 5.89. The van der Waals surface area contributed by atoms with Crippen LogP contribution in [0.25, 0.3) is 17.2 Å². The quantitative estimate of drug-likeness (QED) is 0.785. The van der Waals surface area contributed by atoms with Crippen LogP contribution < -0.4 is 0 Å². The van der Waals surface area contributed by atoms with Gasteiger partial charge in [-0.2, -0.15) is 5.10 Å². The first-order chi connectivity index (χ1) is 11.9. The van der Waals surface area contributed by atoms with Gasteiger partial charge >= 0.3 is 5.97 Å². The lowest BCUT2D eigenvalue weighted by Crippen LogP contribution is -2.11. The molecule has 2 heterocycles. The number of aryl methyl sites for hydroxylation is 1. The molecule has 0 fully saturated rings. The number of halogens is 1. The molecule has 0 atom stereocenters. The lowest BCUT2D eigenvalue weighted by molar-refractivity contribution is 0.0695. The van der Waals surface area contributed by atoms with Crippen molar-refractivity contribution in [2.75, 3.05) is 0 Å². The third-order valence-electron chi connectivity index (χ3n) is 3.85. The van der Waals surface area contributed by atoms with E-state index in [1.165, 1.54) is 23.0 Å². The predicted molar refractivity (Wildman–Crippen MR) is 90.3 cm³/mol. The van der Waals surface area contributed by atoms with E-state index >= 15 is 0 Å². The smallest absolute Gasteiger partial charge is 0.339 e. The minimum Gasteiger partial charge on any atom is -0.478 e. The van der Waals surface area contributed by atoms with Crippen molar-refractivity contribution in [2.45, 2.75) is 26.7 Å². The van der Waals surface area contributed by atoms with E-state index in [9.17, 15) is 14.3 Å². The van der Waals surface area contributed by atoms with Crippen molar-refractivity contribution in [3.63, 3.8) is 0 Å². The van der Waals surface area contributed by atoms with Gasteiger partial charge in [-0.1, -0.05) is 13.8 Å². The molecule has 0 amide bonds. The number of hydrogen-bond acceptors (Lipinski definition) is 4. The van der Waals surface area contributed by atoms with E-state index in [4.69, 9.17) is 0 Å². The van der Waals surface area contributed by atoms with E-state index in [2.05, 4.69) is 15.1 Å². The zero-order chi connectivity index (χ0) is 18.1. The third-order valence-corrected chi connectivity index (χ3v) is 3.85. The Kier molecular flexibility index (Phi) is 4.31. The zero-order valence-electron chi connectivity index (χ0n) is 14.1. The Morgan fingerprint density at radius 3 is 2.48 bits per heavy atom. The molecule has 7 heteroatoms. The van der Waals surface area contributed by atoms with E-state index in [0.717, 1.165) is 11.1 Å².